The van der Waals surface area contributed by atoms with Crippen LogP contribution in [0.15, 0.2) is 30.3 Å². The van der Waals surface area contributed by atoms with E-state index in [0.29, 0.717) is 32.0 Å². The molecule has 1 aliphatic heterocycles. The summed E-state index contributed by atoms with van der Waals surface area (Å²) in [5, 5.41) is 3.00. The van der Waals surface area contributed by atoms with Crippen LogP contribution in [0.3, 0.4) is 0 Å². The number of amides is 1. The quantitative estimate of drug-likeness (QED) is 0.769. The molecule has 2 rings (SSSR count). The highest BCUT2D eigenvalue weighted by molar-refractivity contribution is 7.89. The van der Waals surface area contributed by atoms with Crippen LogP contribution in [0.4, 0.5) is 0 Å². The smallest absolute Gasteiger partial charge is 0.224 e. The monoisotopic (exact) mass is 366 g/mol. The first kappa shape index (κ1) is 19.9. The molecule has 1 saturated heterocycles. The molecule has 0 aromatic heterocycles. The Labute approximate surface area is 151 Å². The van der Waals surface area contributed by atoms with Gasteiger partial charge in [0.15, 0.2) is 0 Å². The molecule has 0 bridgehead atoms. The van der Waals surface area contributed by atoms with Gasteiger partial charge in [0.1, 0.15) is 0 Å². The number of rotatable bonds is 8. The zero-order valence-corrected chi connectivity index (χ0v) is 16.1. The van der Waals surface area contributed by atoms with Gasteiger partial charge >= 0.3 is 0 Å². The Balaban J connectivity index is 1.80. The molecule has 25 heavy (non-hydrogen) atoms. The fourth-order valence-corrected chi connectivity index (χ4v) is 4.89. The predicted octanol–water partition coefficient (Wildman–Crippen LogP) is 2.75. The van der Waals surface area contributed by atoms with Gasteiger partial charge in [0.25, 0.3) is 0 Å². The second-order valence-electron chi connectivity index (χ2n) is 6.90. The lowest BCUT2D eigenvalue weighted by Gasteiger charge is -2.31. The van der Waals surface area contributed by atoms with Crippen LogP contribution in [0, 0.1) is 5.92 Å². The number of hydrogen-bond donors (Lipinski definition) is 1. The molecule has 5 nitrogen and oxygen atoms in total. The maximum Gasteiger partial charge on any atom is 0.224 e. The Morgan fingerprint density at radius 3 is 2.72 bits per heavy atom. The van der Waals surface area contributed by atoms with E-state index in [2.05, 4.69) is 24.4 Å². The van der Waals surface area contributed by atoms with Crippen LogP contribution in [0.2, 0.25) is 0 Å². The zero-order valence-electron chi connectivity index (χ0n) is 15.3. The number of carbonyl (C=O) groups is 1. The molecule has 1 aromatic rings. The summed E-state index contributed by atoms with van der Waals surface area (Å²) < 4.78 is 25.9. The molecular weight excluding hydrogens is 336 g/mol. The summed E-state index contributed by atoms with van der Waals surface area (Å²) in [6.07, 6.45) is 2.99. The average Bonchev–Trinajstić information content (AvgIpc) is 2.62. The maximum absolute atomic E-state index is 12.4. The van der Waals surface area contributed by atoms with Gasteiger partial charge in [-0.25, -0.2) is 12.7 Å². The van der Waals surface area contributed by atoms with E-state index < -0.39 is 10.0 Å². The Kier molecular flexibility index (Phi) is 7.44. The van der Waals surface area contributed by atoms with Gasteiger partial charge in [-0.1, -0.05) is 44.2 Å². The standard InChI is InChI=1S/C19H30N2O3S/c1-3-14-25(23,24)21-13-7-10-18(15-21)19(22)20-12-11-16(2)17-8-5-4-6-9-17/h4-6,8-9,16,18H,3,7,10-15H2,1-2H3,(H,20,22). The molecule has 1 fully saturated rings. The molecule has 1 heterocycles. The van der Waals surface area contributed by atoms with Crippen LogP contribution >= 0.6 is 0 Å². The first-order chi connectivity index (χ1) is 11.9. The van der Waals surface area contributed by atoms with Gasteiger partial charge in [-0.3, -0.25) is 4.79 Å². The third kappa shape index (κ3) is 5.82. The summed E-state index contributed by atoms with van der Waals surface area (Å²) in [5.41, 5.74) is 1.27. The summed E-state index contributed by atoms with van der Waals surface area (Å²) in [6, 6.07) is 10.3. The lowest BCUT2D eigenvalue weighted by atomic mass is 9.97. The average molecular weight is 367 g/mol. The highest BCUT2D eigenvalue weighted by atomic mass is 32.2. The van der Waals surface area contributed by atoms with Crippen molar-refractivity contribution in [1.82, 2.24) is 9.62 Å². The number of hydrogen-bond acceptors (Lipinski definition) is 3. The van der Waals surface area contributed by atoms with Crippen molar-refractivity contribution in [3.63, 3.8) is 0 Å². The number of nitrogens with zero attached hydrogens (tertiary/aromatic N) is 1. The van der Waals surface area contributed by atoms with E-state index in [1.54, 1.807) is 0 Å². The van der Waals surface area contributed by atoms with E-state index in [-0.39, 0.29) is 17.6 Å². The van der Waals surface area contributed by atoms with E-state index in [1.165, 1.54) is 9.87 Å². The molecule has 0 radical (unpaired) electrons. The van der Waals surface area contributed by atoms with Crippen molar-refractivity contribution < 1.29 is 13.2 Å². The molecule has 2 atom stereocenters. The SMILES string of the molecule is CCCS(=O)(=O)N1CCCC(C(=O)NCCC(C)c2ccccc2)C1. The minimum atomic E-state index is -3.22. The van der Waals surface area contributed by atoms with Crippen molar-refractivity contribution in [3.05, 3.63) is 35.9 Å². The van der Waals surface area contributed by atoms with Crippen molar-refractivity contribution in [2.45, 2.75) is 45.4 Å². The summed E-state index contributed by atoms with van der Waals surface area (Å²) in [4.78, 5) is 12.4. The molecule has 1 aliphatic rings. The van der Waals surface area contributed by atoms with Crippen LogP contribution in [-0.4, -0.2) is 44.0 Å². The van der Waals surface area contributed by atoms with Gasteiger partial charge < -0.3 is 5.32 Å². The minimum Gasteiger partial charge on any atom is -0.356 e. The second kappa shape index (κ2) is 9.34. The summed E-state index contributed by atoms with van der Waals surface area (Å²) in [5.74, 6) is 0.300. The number of piperidine rings is 1. The van der Waals surface area contributed by atoms with E-state index >= 15 is 0 Å². The summed E-state index contributed by atoms with van der Waals surface area (Å²) >= 11 is 0. The van der Waals surface area contributed by atoms with Crippen LogP contribution in [-0.2, 0) is 14.8 Å². The van der Waals surface area contributed by atoms with Crippen molar-refractivity contribution in [3.8, 4) is 0 Å². The topological polar surface area (TPSA) is 66.5 Å². The third-order valence-electron chi connectivity index (χ3n) is 4.86. The minimum absolute atomic E-state index is 0.0170. The molecule has 140 valence electrons. The van der Waals surface area contributed by atoms with Crippen LogP contribution in [0.5, 0.6) is 0 Å². The molecule has 1 aromatic carbocycles. The number of benzene rings is 1. The Bertz CT molecular complexity index is 646. The lowest BCUT2D eigenvalue weighted by molar-refractivity contribution is -0.126. The largest absolute Gasteiger partial charge is 0.356 e. The maximum atomic E-state index is 12.4. The zero-order chi connectivity index (χ0) is 18.3. The van der Waals surface area contributed by atoms with Gasteiger partial charge in [-0.15, -0.1) is 0 Å². The van der Waals surface area contributed by atoms with Gasteiger partial charge in [0, 0.05) is 19.6 Å². The molecule has 1 N–H and O–H groups in total. The first-order valence-corrected chi connectivity index (χ1v) is 10.9. The molecule has 2 unspecified atom stereocenters. The number of nitrogens with one attached hydrogen (secondary N) is 1. The van der Waals surface area contributed by atoms with Crippen LogP contribution in [0.1, 0.15) is 51.0 Å². The molecule has 6 heteroatoms. The van der Waals surface area contributed by atoms with Crippen molar-refractivity contribution in [2.24, 2.45) is 5.92 Å². The van der Waals surface area contributed by atoms with E-state index in [1.807, 2.05) is 25.1 Å². The highest BCUT2D eigenvalue weighted by Gasteiger charge is 2.31. The van der Waals surface area contributed by atoms with Gasteiger partial charge in [0.2, 0.25) is 15.9 Å². The molecule has 1 amide bonds. The fraction of sp³-hybridized carbons (Fsp3) is 0.632. The van der Waals surface area contributed by atoms with Gasteiger partial charge in [0.05, 0.1) is 11.7 Å². The number of carbonyl (C=O) groups excluding carboxylic acids is 1. The van der Waals surface area contributed by atoms with Crippen LogP contribution < -0.4 is 5.32 Å². The molecule has 0 saturated carbocycles. The fourth-order valence-electron chi connectivity index (χ4n) is 3.30. The van der Waals surface area contributed by atoms with Crippen molar-refractivity contribution in [2.75, 3.05) is 25.4 Å². The predicted molar refractivity (Wildman–Crippen MR) is 101 cm³/mol. The normalized spacial score (nSPS) is 20.2. The van der Waals surface area contributed by atoms with Crippen molar-refractivity contribution in [1.29, 1.82) is 0 Å². The first-order valence-electron chi connectivity index (χ1n) is 9.24. The van der Waals surface area contributed by atoms with Gasteiger partial charge in [-0.05, 0) is 37.2 Å². The molecule has 0 aliphatic carbocycles. The lowest BCUT2D eigenvalue weighted by Crippen LogP contribution is -2.46. The molecule has 0 spiro atoms. The van der Waals surface area contributed by atoms with E-state index in [9.17, 15) is 13.2 Å². The Morgan fingerprint density at radius 2 is 2.04 bits per heavy atom. The summed E-state index contributed by atoms with van der Waals surface area (Å²) in [6.45, 7) is 5.49. The Morgan fingerprint density at radius 1 is 1.32 bits per heavy atom. The molecular formula is C19H30N2O3S. The van der Waals surface area contributed by atoms with Gasteiger partial charge in [-0.2, -0.15) is 0 Å². The summed E-state index contributed by atoms with van der Waals surface area (Å²) in [7, 11) is -3.22. The second-order valence-corrected chi connectivity index (χ2v) is 8.99. The number of sulfonamides is 1. The van der Waals surface area contributed by atoms with Crippen molar-refractivity contribution >= 4 is 15.9 Å². The van der Waals surface area contributed by atoms with Crippen LogP contribution in [0.25, 0.3) is 0 Å². The Hall–Kier alpha value is -1.40. The third-order valence-corrected chi connectivity index (χ3v) is 6.90. The highest BCUT2D eigenvalue weighted by Crippen LogP contribution is 2.21. The van der Waals surface area contributed by atoms with E-state index in [0.717, 1.165) is 19.3 Å². The van der Waals surface area contributed by atoms with E-state index in [4.69, 9.17) is 0 Å².